The number of hydrogen-bond donors (Lipinski definition) is 0. The van der Waals surface area contributed by atoms with Gasteiger partial charge in [-0.3, -0.25) is 0 Å². The van der Waals surface area contributed by atoms with Gasteiger partial charge in [0.25, 0.3) is 0 Å². The van der Waals surface area contributed by atoms with E-state index in [0.29, 0.717) is 0 Å². The molecule has 0 aromatic rings. The van der Waals surface area contributed by atoms with E-state index in [1.165, 1.54) is 14.5 Å². The fraction of sp³-hybridized carbons (Fsp3) is 0.100. The third-order valence-electron chi connectivity index (χ3n) is 1.26. The van der Waals surface area contributed by atoms with Crippen LogP contribution in [0.4, 0.5) is 0 Å². The van der Waals surface area contributed by atoms with Crippen molar-refractivity contribution in [1.29, 1.82) is 0 Å². The second-order valence-corrected chi connectivity index (χ2v) is 3.15. The van der Waals surface area contributed by atoms with Crippen LogP contribution in [0.2, 0.25) is 0 Å². The van der Waals surface area contributed by atoms with Gasteiger partial charge < -0.3 is 0 Å². The molecule has 12 heavy (non-hydrogen) atoms. The van der Waals surface area contributed by atoms with Crippen molar-refractivity contribution in [3.05, 3.63) is 56.8 Å². The second kappa shape index (κ2) is 8.54. The molecule has 0 nitrogen and oxygen atoms in total. The summed E-state index contributed by atoms with van der Waals surface area (Å²) < 4.78 is 0. The molecule has 2 heteroatoms. The number of rotatable bonds is 0. The van der Waals surface area contributed by atoms with Crippen molar-refractivity contribution in [3.63, 3.8) is 0 Å². The molecule has 2 fully saturated rings. The maximum Gasteiger partial charge on any atom is 0 e. The van der Waals surface area contributed by atoms with Gasteiger partial charge in [-0.15, -0.1) is 0 Å². The topological polar surface area (TPSA) is 0 Å². The molecule has 0 spiro atoms. The van der Waals surface area contributed by atoms with Crippen LogP contribution in [0.3, 0.4) is 0 Å². The fourth-order valence-corrected chi connectivity index (χ4v) is 1.41. The SMILES string of the molecule is C[C]1[CH][CH][P][CH]1.[CH]1[CH][CH][CH][CH]1.[Fe]. The molecule has 1 aliphatic carbocycles. The van der Waals surface area contributed by atoms with E-state index in [4.69, 9.17) is 0 Å². The first-order chi connectivity index (χ1) is 5.39. The Morgan fingerprint density at radius 1 is 1.00 bits per heavy atom. The standard InChI is InChI=1S/C5H6P.C5H5.Fe/c1-5-2-3-6-4-5;1-2-4-5-3-1;/h2-4H,1H3;1-5H;. The van der Waals surface area contributed by atoms with Crippen LogP contribution in [0.15, 0.2) is 0 Å². The van der Waals surface area contributed by atoms with Crippen LogP contribution in [0.1, 0.15) is 6.92 Å². The van der Waals surface area contributed by atoms with E-state index in [0.717, 1.165) is 0 Å². The molecule has 2 aliphatic rings. The Morgan fingerprint density at radius 3 is 1.67 bits per heavy atom. The van der Waals surface area contributed by atoms with Crippen LogP contribution >= 0.6 is 8.58 Å². The third kappa shape index (κ3) is 6.46. The van der Waals surface area contributed by atoms with Crippen molar-refractivity contribution in [3.8, 4) is 0 Å². The summed E-state index contributed by atoms with van der Waals surface area (Å²) in [5.41, 5.74) is 0. The molecule has 1 aliphatic heterocycles. The molecule has 0 N–H and O–H groups in total. The Labute approximate surface area is 89.5 Å². The van der Waals surface area contributed by atoms with E-state index in [1.54, 1.807) is 0 Å². The summed E-state index contributed by atoms with van der Waals surface area (Å²) in [5, 5.41) is 0. The molecular weight excluding hydrogens is 207 g/mol. The minimum atomic E-state index is 0. The number of hydrogen-bond acceptors (Lipinski definition) is 0. The maximum absolute atomic E-state index is 2.18. The Kier molecular flexibility index (Phi) is 9.22. The maximum atomic E-state index is 2.18. The van der Waals surface area contributed by atoms with Crippen LogP contribution in [0, 0.1) is 56.8 Å². The van der Waals surface area contributed by atoms with Gasteiger partial charge in [-0.25, -0.2) is 0 Å². The summed E-state index contributed by atoms with van der Waals surface area (Å²) in [7, 11) is 1.34. The van der Waals surface area contributed by atoms with Gasteiger partial charge in [-0.05, 0) is 56.8 Å². The van der Waals surface area contributed by atoms with Crippen molar-refractivity contribution in [1.82, 2.24) is 0 Å². The molecule has 1 saturated heterocycles. The van der Waals surface area contributed by atoms with Crippen molar-refractivity contribution >= 4 is 8.58 Å². The van der Waals surface area contributed by atoms with Gasteiger partial charge in [0.1, 0.15) is 0 Å². The predicted octanol–water partition coefficient (Wildman–Crippen LogP) is 3.09. The average Bonchev–Trinajstić information content (AvgIpc) is 2.57. The van der Waals surface area contributed by atoms with E-state index >= 15 is 0 Å². The molecule has 2 rings (SSSR count). The first-order valence-corrected chi connectivity index (χ1v) is 4.63. The van der Waals surface area contributed by atoms with E-state index in [2.05, 4.69) is 25.7 Å². The smallest absolute Gasteiger partial charge is 0 e. The zero-order chi connectivity index (χ0) is 7.94. The van der Waals surface area contributed by atoms with E-state index < -0.39 is 0 Å². The Bertz CT molecular complexity index is 78.2. The minimum absolute atomic E-state index is 0. The molecule has 0 unspecified atom stereocenters. The summed E-state index contributed by atoms with van der Waals surface area (Å²) in [6, 6.07) is 0. The van der Waals surface area contributed by atoms with Gasteiger partial charge in [0.05, 0.1) is 0 Å². The van der Waals surface area contributed by atoms with Crippen molar-refractivity contribution in [2.45, 2.75) is 6.92 Å². The first-order valence-electron chi connectivity index (χ1n) is 3.59. The zero-order valence-electron chi connectivity index (χ0n) is 6.92. The summed E-state index contributed by atoms with van der Waals surface area (Å²) in [5.74, 6) is 1.39. The Hall–Kier alpha value is 0.949. The summed E-state index contributed by atoms with van der Waals surface area (Å²) in [4.78, 5) is 0. The molecule has 0 aromatic carbocycles. The van der Waals surface area contributed by atoms with Crippen LogP contribution in [-0.4, -0.2) is 0 Å². The molecule has 1 heterocycles. The van der Waals surface area contributed by atoms with Gasteiger partial charge in [-0.2, -0.15) is 0 Å². The Balaban J connectivity index is 0.000000189. The monoisotopic (exact) mass is 218 g/mol. The quantitative estimate of drug-likeness (QED) is 0.433. The van der Waals surface area contributed by atoms with Crippen molar-refractivity contribution in [2.75, 3.05) is 0 Å². The van der Waals surface area contributed by atoms with E-state index in [-0.39, 0.29) is 17.1 Å². The summed E-state index contributed by atoms with van der Waals surface area (Å²) in [6.45, 7) is 2.11. The predicted molar refractivity (Wildman–Crippen MR) is 50.2 cm³/mol. The molecule has 0 bridgehead atoms. The van der Waals surface area contributed by atoms with E-state index in [1.807, 2.05) is 32.1 Å². The molecule has 0 atom stereocenters. The first kappa shape index (κ1) is 12.9. The van der Waals surface area contributed by atoms with Gasteiger partial charge >= 0.3 is 0 Å². The van der Waals surface area contributed by atoms with Crippen LogP contribution < -0.4 is 0 Å². The molecule has 1 saturated carbocycles. The Morgan fingerprint density at radius 2 is 1.50 bits per heavy atom. The molecular formula is C10H11FeP. The van der Waals surface area contributed by atoms with Gasteiger partial charge in [-0.1, -0.05) is 15.5 Å². The van der Waals surface area contributed by atoms with Gasteiger partial charge in [0.15, 0.2) is 0 Å². The van der Waals surface area contributed by atoms with Crippen LogP contribution in [0.25, 0.3) is 0 Å². The van der Waals surface area contributed by atoms with E-state index in [9.17, 15) is 0 Å². The normalized spacial score (nSPS) is 24.8. The molecule has 0 aromatic heterocycles. The second-order valence-electron chi connectivity index (χ2n) is 2.30. The molecule has 64 valence electrons. The largest absolute Gasteiger partial charge is 0.0718 e. The van der Waals surface area contributed by atoms with Crippen LogP contribution in [0.5, 0.6) is 0 Å². The fourth-order valence-electron chi connectivity index (χ4n) is 0.685. The van der Waals surface area contributed by atoms with Crippen LogP contribution in [-0.2, 0) is 17.1 Å². The van der Waals surface area contributed by atoms with Crippen molar-refractivity contribution < 1.29 is 17.1 Å². The van der Waals surface area contributed by atoms with Gasteiger partial charge in [0.2, 0.25) is 0 Å². The summed E-state index contributed by atoms with van der Waals surface area (Å²) in [6.07, 6.45) is 16.4. The molecule has 0 amide bonds. The zero-order valence-corrected chi connectivity index (χ0v) is 8.92. The molecule has 10 radical (unpaired) electrons. The summed E-state index contributed by atoms with van der Waals surface area (Å²) >= 11 is 0. The average molecular weight is 218 g/mol. The van der Waals surface area contributed by atoms with Gasteiger partial charge in [0, 0.05) is 17.1 Å². The van der Waals surface area contributed by atoms with Crippen molar-refractivity contribution in [2.24, 2.45) is 0 Å². The third-order valence-corrected chi connectivity index (χ3v) is 2.13. The minimum Gasteiger partial charge on any atom is -0.0718 e.